The van der Waals surface area contributed by atoms with E-state index in [0.717, 1.165) is 0 Å². The van der Waals surface area contributed by atoms with Gasteiger partial charge in [-0.05, 0) is 19.1 Å². The number of anilines is 1. The van der Waals surface area contributed by atoms with Crippen LogP contribution in [0.25, 0.3) is 0 Å². The van der Waals surface area contributed by atoms with Crippen LogP contribution in [0.2, 0.25) is 0 Å². The Morgan fingerprint density at radius 3 is 2.67 bits per heavy atom. The smallest absolute Gasteiger partial charge is 0.319 e. The molecule has 114 valence electrons. The van der Waals surface area contributed by atoms with Gasteiger partial charge >= 0.3 is 6.03 Å². The maximum absolute atomic E-state index is 12.1. The van der Waals surface area contributed by atoms with E-state index >= 15 is 0 Å². The summed E-state index contributed by atoms with van der Waals surface area (Å²) < 4.78 is 10.5. The van der Waals surface area contributed by atoms with Gasteiger partial charge in [0.2, 0.25) is 5.91 Å². The largest absolute Gasteiger partial charge is 0.492 e. The molecule has 3 amide bonds. The molecule has 1 heterocycles. The Labute approximate surface area is 122 Å². The van der Waals surface area contributed by atoms with Crippen molar-refractivity contribution in [3.8, 4) is 5.75 Å². The van der Waals surface area contributed by atoms with Crippen LogP contribution in [0.15, 0.2) is 24.3 Å². The Hall–Kier alpha value is -2.28. The number of ether oxygens (including phenoxy) is 2. The van der Waals surface area contributed by atoms with Crippen molar-refractivity contribution >= 4 is 17.6 Å². The first-order valence-electron chi connectivity index (χ1n) is 6.72. The van der Waals surface area contributed by atoms with Crippen molar-refractivity contribution in [2.75, 3.05) is 25.1 Å². The van der Waals surface area contributed by atoms with Gasteiger partial charge in [-0.3, -0.25) is 4.79 Å². The first kappa shape index (κ1) is 15.1. The zero-order valence-corrected chi connectivity index (χ0v) is 11.8. The third kappa shape index (κ3) is 3.85. The molecule has 1 saturated heterocycles. The summed E-state index contributed by atoms with van der Waals surface area (Å²) in [6.45, 7) is 2.91. The van der Waals surface area contributed by atoms with Crippen LogP contribution in [0.4, 0.5) is 10.5 Å². The molecule has 0 spiro atoms. The molecule has 0 aliphatic carbocycles. The average Bonchev–Trinajstić information content (AvgIpc) is 2.38. The van der Waals surface area contributed by atoms with Crippen LogP contribution >= 0.6 is 0 Å². The lowest BCUT2D eigenvalue weighted by atomic mass is 9.93. The summed E-state index contributed by atoms with van der Waals surface area (Å²) in [5.74, 6) is 0.109. The molecule has 0 bridgehead atoms. The molecule has 0 aromatic heterocycles. The maximum Gasteiger partial charge on any atom is 0.319 e. The van der Waals surface area contributed by atoms with Crippen molar-refractivity contribution in [1.82, 2.24) is 5.32 Å². The summed E-state index contributed by atoms with van der Waals surface area (Å²) in [7, 11) is 0. The number of carbonyl (C=O) groups is 2. The zero-order chi connectivity index (χ0) is 15.3. The average molecular weight is 293 g/mol. The third-order valence-electron chi connectivity index (χ3n) is 3.08. The first-order valence-corrected chi connectivity index (χ1v) is 6.72. The summed E-state index contributed by atoms with van der Waals surface area (Å²) in [6, 6.07) is 6.70. The Morgan fingerprint density at radius 2 is 2.10 bits per heavy atom. The monoisotopic (exact) mass is 293 g/mol. The second kappa shape index (κ2) is 6.45. The quantitative estimate of drug-likeness (QED) is 0.723. The van der Waals surface area contributed by atoms with Crippen LogP contribution in [0.1, 0.15) is 13.3 Å². The predicted molar refractivity (Wildman–Crippen MR) is 77.1 cm³/mol. The van der Waals surface area contributed by atoms with Gasteiger partial charge in [0.25, 0.3) is 0 Å². The van der Waals surface area contributed by atoms with Crippen LogP contribution in [-0.2, 0) is 9.53 Å². The van der Waals surface area contributed by atoms with Crippen molar-refractivity contribution in [3.63, 3.8) is 0 Å². The second-order valence-corrected chi connectivity index (χ2v) is 4.92. The number of primary amides is 1. The molecule has 21 heavy (non-hydrogen) atoms. The van der Waals surface area contributed by atoms with E-state index in [-0.39, 0.29) is 19.6 Å². The number of rotatable bonds is 6. The van der Waals surface area contributed by atoms with E-state index in [0.29, 0.717) is 18.0 Å². The standard InChI is InChI=1S/C14H19N3O4/c1-2-21-11-6-4-3-5-10(11)16-13(19)17-14(7-12(15)18)8-20-9-14/h3-6H,2,7-9H2,1H3,(H2,15,18)(H2,16,17,19). The fraction of sp³-hybridized carbons (Fsp3) is 0.429. The van der Waals surface area contributed by atoms with E-state index in [4.69, 9.17) is 15.2 Å². The molecule has 1 aromatic carbocycles. The molecular weight excluding hydrogens is 274 g/mol. The molecule has 0 radical (unpaired) electrons. The van der Waals surface area contributed by atoms with Crippen LogP contribution in [0.3, 0.4) is 0 Å². The molecular formula is C14H19N3O4. The Kier molecular flexibility index (Phi) is 4.64. The highest BCUT2D eigenvalue weighted by atomic mass is 16.5. The number of benzene rings is 1. The molecule has 0 unspecified atom stereocenters. The SMILES string of the molecule is CCOc1ccccc1NC(=O)NC1(CC(N)=O)COC1. The highest BCUT2D eigenvalue weighted by Crippen LogP contribution is 2.25. The maximum atomic E-state index is 12.1. The molecule has 2 rings (SSSR count). The summed E-state index contributed by atoms with van der Waals surface area (Å²) in [5, 5.41) is 5.46. The Morgan fingerprint density at radius 1 is 1.38 bits per heavy atom. The molecule has 7 heteroatoms. The lowest BCUT2D eigenvalue weighted by molar-refractivity contribution is -0.127. The van der Waals surface area contributed by atoms with Gasteiger partial charge in [0.15, 0.2) is 0 Å². The minimum atomic E-state index is -0.712. The highest BCUT2D eigenvalue weighted by Gasteiger charge is 2.41. The number of hydrogen-bond donors (Lipinski definition) is 3. The van der Waals surface area contributed by atoms with E-state index in [1.165, 1.54) is 0 Å². The van der Waals surface area contributed by atoms with Gasteiger partial charge in [-0.25, -0.2) is 4.79 Å². The second-order valence-electron chi connectivity index (χ2n) is 4.92. The number of nitrogens with one attached hydrogen (secondary N) is 2. The molecule has 1 fully saturated rings. The predicted octanol–water partition coefficient (Wildman–Crippen LogP) is 0.851. The topological polar surface area (TPSA) is 103 Å². The van der Waals surface area contributed by atoms with E-state index in [9.17, 15) is 9.59 Å². The Bertz CT molecular complexity index is 529. The van der Waals surface area contributed by atoms with Gasteiger partial charge in [-0.2, -0.15) is 0 Å². The van der Waals surface area contributed by atoms with E-state index < -0.39 is 17.5 Å². The van der Waals surface area contributed by atoms with Gasteiger partial charge in [0.05, 0.1) is 37.5 Å². The van der Waals surface area contributed by atoms with Crippen LogP contribution in [0.5, 0.6) is 5.75 Å². The van der Waals surface area contributed by atoms with E-state index in [2.05, 4.69) is 10.6 Å². The summed E-state index contributed by atoms with van der Waals surface area (Å²) in [5.41, 5.74) is 5.04. The first-order chi connectivity index (χ1) is 10.0. The molecule has 7 nitrogen and oxygen atoms in total. The summed E-state index contributed by atoms with van der Waals surface area (Å²) >= 11 is 0. The molecule has 0 atom stereocenters. The number of para-hydroxylation sites is 2. The number of nitrogens with two attached hydrogens (primary N) is 1. The number of carbonyl (C=O) groups excluding carboxylic acids is 2. The molecule has 1 aliphatic heterocycles. The fourth-order valence-corrected chi connectivity index (χ4v) is 2.15. The minimum absolute atomic E-state index is 0.0491. The van der Waals surface area contributed by atoms with Gasteiger partial charge in [-0.15, -0.1) is 0 Å². The van der Waals surface area contributed by atoms with E-state index in [1.807, 2.05) is 13.0 Å². The zero-order valence-electron chi connectivity index (χ0n) is 11.8. The lowest BCUT2D eigenvalue weighted by Gasteiger charge is -2.41. The van der Waals surface area contributed by atoms with Crippen molar-refractivity contribution in [2.24, 2.45) is 5.73 Å². The van der Waals surface area contributed by atoms with Crippen molar-refractivity contribution in [3.05, 3.63) is 24.3 Å². The fourth-order valence-electron chi connectivity index (χ4n) is 2.15. The number of amides is 3. The number of urea groups is 1. The normalized spacial score (nSPS) is 15.7. The van der Waals surface area contributed by atoms with Gasteiger partial charge in [0.1, 0.15) is 5.75 Å². The van der Waals surface area contributed by atoms with Crippen molar-refractivity contribution < 1.29 is 19.1 Å². The van der Waals surface area contributed by atoms with E-state index in [1.54, 1.807) is 18.2 Å². The third-order valence-corrected chi connectivity index (χ3v) is 3.08. The van der Waals surface area contributed by atoms with Crippen molar-refractivity contribution in [1.29, 1.82) is 0 Å². The highest BCUT2D eigenvalue weighted by molar-refractivity contribution is 5.92. The minimum Gasteiger partial charge on any atom is -0.492 e. The van der Waals surface area contributed by atoms with Crippen LogP contribution in [-0.4, -0.2) is 37.3 Å². The summed E-state index contributed by atoms with van der Waals surface area (Å²) in [4.78, 5) is 23.1. The molecule has 1 aromatic rings. The molecule has 4 N–H and O–H groups in total. The van der Waals surface area contributed by atoms with Gasteiger partial charge < -0.3 is 25.8 Å². The molecule has 1 aliphatic rings. The van der Waals surface area contributed by atoms with Crippen molar-refractivity contribution in [2.45, 2.75) is 18.9 Å². The van der Waals surface area contributed by atoms with Gasteiger partial charge in [-0.1, -0.05) is 12.1 Å². The van der Waals surface area contributed by atoms with Gasteiger partial charge in [0, 0.05) is 0 Å². The van der Waals surface area contributed by atoms with Crippen LogP contribution in [0, 0.1) is 0 Å². The number of hydrogen-bond acceptors (Lipinski definition) is 4. The summed E-state index contributed by atoms with van der Waals surface area (Å²) in [6.07, 6.45) is 0.0491. The Balaban J connectivity index is 2.00. The molecule has 0 saturated carbocycles. The lowest BCUT2D eigenvalue weighted by Crippen LogP contribution is -2.64. The van der Waals surface area contributed by atoms with Crippen LogP contribution < -0.4 is 21.1 Å².